The van der Waals surface area contributed by atoms with Crippen LogP contribution >= 0.6 is 0 Å². The summed E-state index contributed by atoms with van der Waals surface area (Å²) in [6, 6.07) is 5.68. The molecule has 1 saturated heterocycles. The third kappa shape index (κ3) is 5.82. The molecule has 1 heterocycles. The fourth-order valence-electron chi connectivity index (χ4n) is 3.17. The Morgan fingerprint density at radius 3 is 2.30 bits per heavy atom. The summed E-state index contributed by atoms with van der Waals surface area (Å²) in [5, 5.41) is 2.59. The number of carbonyl (C=O) groups is 2. The Balaban J connectivity index is 2.18. The molecule has 0 aliphatic carbocycles. The minimum atomic E-state index is -3.74. The quantitative estimate of drug-likeness (QED) is 0.714. The normalized spacial score (nSPS) is 18.2. The maximum absolute atomic E-state index is 13.1. The number of carbonyl (C=O) groups excluding carboxylic acids is 2. The van der Waals surface area contributed by atoms with E-state index < -0.39 is 21.7 Å². The van der Waals surface area contributed by atoms with Gasteiger partial charge < -0.3 is 15.0 Å². The molecule has 0 saturated carbocycles. The zero-order chi connectivity index (χ0) is 22.7. The molecule has 1 aromatic carbocycles. The lowest BCUT2D eigenvalue weighted by Gasteiger charge is -2.42. The molecule has 8 nitrogen and oxygen atoms in total. The summed E-state index contributed by atoms with van der Waals surface area (Å²) >= 11 is 0. The largest absolute Gasteiger partial charge is 0.444 e. The number of rotatable bonds is 5. The average molecular weight is 438 g/mol. The van der Waals surface area contributed by atoms with Gasteiger partial charge in [-0.1, -0.05) is 20.4 Å². The molecule has 0 aromatic heterocycles. The number of hydrogen-bond donors (Lipinski definition) is 1. The van der Waals surface area contributed by atoms with Gasteiger partial charge in [0.15, 0.2) is 0 Å². The van der Waals surface area contributed by atoms with Crippen LogP contribution in [-0.4, -0.2) is 60.9 Å². The van der Waals surface area contributed by atoms with Crippen LogP contribution in [0.5, 0.6) is 0 Å². The topological polar surface area (TPSA) is 96.0 Å². The standard InChI is InChI=1S/C21H31N3O5S/c1-7-19(25)22-16-8-10-17(11-9-16)30(27,28)23-12-13-24(18(14-23)15(2)3)20(26)29-21(4,5)6/h7-11,15,18H,1,12-14H2,2-6H3,(H,22,25)/t18-/m1/s1. The van der Waals surface area contributed by atoms with Crippen LogP contribution in [0.15, 0.2) is 41.8 Å². The van der Waals surface area contributed by atoms with Gasteiger partial charge in [-0.05, 0) is 57.0 Å². The van der Waals surface area contributed by atoms with Crippen LogP contribution in [0.4, 0.5) is 10.5 Å². The van der Waals surface area contributed by atoms with Crippen molar-refractivity contribution >= 4 is 27.7 Å². The SMILES string of the molecule is C=CC(=O)Nc1ccc(S(=O)(=O)N2CCN(C(=O)OC(C)(C)C)[C@@H](C(C)C)C2)cc1. The summed E-state index contributed by atoms with van der Waals surface area (Å²) in [6.45, 7) is 13.3. The van der Waals surface area contributed by atoms with E-state index in [1.54, 1.807) is 25.7 Å². The molecule has 1 atom stereocenters. The highest BCUT2D eigenvalue weighted by Crippen LogP contribution is 2.25. The number of hydrogen-bond acceptors (Lipinski definition) is 5. The molecule has 166 valence electrons. The number of sulfonamides is 1. The fraction of sp³-hybridized carbons (Fsp3) is 0.524. The molecule has 1 fully saturated rings. The summed E-state index contributed by atoms with van der Waals surface area (Å²) in [4.78, 5) is 25.7. The molecule has 9 heteroatoms. The van der Waals surface area contributed by atoms with E-state index >= 15 is 0 Å². The smallest absolute Gasteiger partial charge is 0.410 e. The highest BCUT2D eigenvalue weighted by molar-refractivity contribution is 7.89. The van der Waals surface area contributed by atoms with Gasteiger partial charge in [-0.15, -0.1) is 0 Å². The first-order valence-electron chi connectivity index (χ1n) is 9.88. The van der Waals surface area contributed by atoms with Crippen LogP contribution in [0.3, 0.4) is 0 Å². The highest BCUT2D eigenvalue weighted by Gasteiger charge is 2.39. The Hall–Kier alpha value is -2.39. The van der Waals surface area contributed by atoms with Crippen molar-refractivity contribution in [1.29, 1.82) is 0 Å². The number of anilines is 1. The van der Waals surface area contributed by atoms with Gasteiger partial charge in [0.2, 0.25) is 15.9 Å². The summed E-state index contributed by atoms with van der Waals surface area (Å²) < 4.78 is 33.2. The van der Waals surface area contributed by atoms with Gasteiger partial charge in [-0.2, -0.15) is 4.31 Å². The Morgan fingerprint density at radius 2 is 1.80 bits per heavy atom. The lowest BCUT2D eigenvalue weighted by Crippen LogP contribution is -2.58. The van der Waals surface area contributed by atoms with Crippen molar-refractivity contribution in [2.24, 2.45) is 5.92 Å². The molecule has 30 heavy (non-hydrogen) atoms. The Morgan fingerprint density at radius 1 is 1.20 bits per heavy atom. The van der Waals surface area contributed by atoms with Gasteiger partial charge >= 0.3 is 6.09 Å². The monoisotopic (exact) mass is 437 g/mol. The Kier molecular flexibility index (Phi) is 7.31. The molecular weight excluding hydrogens is 406 g/mol. The number of nitrogens with zero attached hydrogens (tertiary/aromatic N) is 2. The second kappa shape index (κ2) is 9.18. The van der Waals surface area contributed by atoms with E-state index in [-0.39, 0.29) is 42.4 Å². The zero-order valence-corrected chi connectivity index (χ0v) is 19.0. The lowest BCUT2D eigenvalue weighted by atomic mass is 10.0. The fourth-order valence-corrected chi connectivity index (χ4v) is 4.62. The average Bonchev–Trinajstić information content (AvgIpc) is 2.66. The van der Waals surface area contributed by atoms with Gasteiger partial charge in [-0.25, -0.2) is 13.2 Å². The molecule has 0 bridgehead atoms. The second-order valence-corrected chi connectivity index (χ2v) is 10.5. The Bertz CT molecular complexity index is 888. The zero-order valence-electron chi connectivity index (χ0n) is 18.2. The Labute approximate surface area is 178 Å². The van der Waals surface area contributed by atoms with Crippen LogP contribution in [0.1, 0.15) is 34.6 Å². The number of ether oxygens (including phenoxy) is 1. The maximum atomic E-state index is 13.1. The van der Waals surface area contributed by atoms with Gasteiger partial charge in [0.05, 0.1) is 10.9 Å². The minimum absolute atomic E-state index is 0.0482. The van der Waals surface area contributed by atoms with E-state index in [0.29, 0.717) is 5.69 Å². The van der Waals surface area contributed by atoms with E-state index in [2.05, 4.69) is 11.9 Å². The van der Waals surface area contributed by atoms with E-state index in [4.69, 9.17) is 4.74 Å². The van der Waals surface area contributed by atoms with Gasteiger partial charge in [-0.3, -0.25) is 4.79 Å². The molecular formula is C21H31N3O5S. The van der Waals surface area contributed by atoms with Crippen molar-refractivity contribution in [1.82, 2.24) is 9.21 Å². The third-order valence-corrected chi connectivity index (χ3v) is 6.60. The van der Waals surface area contributed by atoms with Gasteiger partial charge in [0.25, 0.3) is 0 Å². The van der Waals surface area contributed by atoms with Crippen molar-refractivity contribution < 1.29 is 22.7 Å². The van der Waals surface area contributed by atoms with Crippen LogP contribution in [0, 0.1) is 5.92 Å². The molecule has 2 amide bonds. The van der Waals surface area contributed by atoms with Crippen LogP contribution in [-0.2, 0) is 19.6 Å². The van der Waals surface area contributed by atoms with Gasteiger partial charge in [0, 0.05) is 25.3 Å². The van der Waals surface area contributed by atoms with Crippen molar-refractivity contribution in [3.05, 3.63) is 36.9 Å². The molecule has 1 aromatic rings. The predicted molar refractivity (Wildman–Crippen MR) is 116 cm³/mol. The van der Waals surface area contributed by atoms with Crippen molar-refractivity contribution in [2.75, 3.05) is 25.0 Å². The summed E-state index contributed by atoms with van der Waals surface area (Å²) in [7, 11) is -3.74. The van der Waals surface area contributed by atoms with E-state index in [9.17, 15) is 18.0 Å². The van der Waals surface area contributed by atoms with Crippen molar-refractivity contribution in [3.63, 3.8) is 0 Å². The summed E-state index contributed by atoms with van der Waals surface area (Å²) in [6.07, 6.45) is 0.710. The predicted octanol–water partition coefficient (Wildman–Crippen LogP) is 3.08. The number of piperazine rings is 1. The molecule has 1 aliphatic rings. The molecule has 1 aliphatic heterocycles. The van der Waals surface area contributed by atoms with E-state index in [0.717, 1.165) is 6.08 Å². The van der Waals surface area contributed by atoms with Gasteiger partial charge in [0.1, 0.15) is 5.60 Å². The molecule has 0 unspecified atom stereocenters. The first kappa shape index (κ1) is 23.9. The second-order valence-electron chi connectivity index (χ2n) is 8.57. The third-order valence-electron chi connectivity index (χ3n) is 4.72. The number of nitrogens with one attached hydrogen (secondary N) is 1. The number of benzene rings is 1. The van der Waals surface area contributed by atoms with Crippen LogP contribution in [0.25, 0.3) is 0 Å². The minimum Gasteiger partial charge on any atom is -0.444 e. The summed E-state index contributed by atoms with van der Waals surface area (Å²) in [5.41, 5.74) is -0.140. The maximum Gasteiger partial charge on any atom is 0.410 e. The van der Waals surface area contributed by atoms with E-state index in [1.807, 2.05) is 13.8 Å². The van der Waals surface area contributed by atoms with E-state index in [1.165, 1.54) is 28.6 Å². The molecule has 0 radical (unpaired) electrons. The van der Waals surface area contributed by atoms with Crippen LogP contribution < -0.4 is 5.32 Å². The lowest BCUT2D eigenvalue weighted by molar-refractivity contribution is -0.111. The summed E-state index contributed by atoms with van der Waals surface area (Å²) in [5.74, 6) is -0.323. The van der Waals surface area contributed by atoms with Crippen molar-refractivity contribution in [2.45, 2.75) is 51.2 Å². The first-order valence-corrected chi connectivity index (χ1v) is 11.3. The highest BCUT2D eigenvalue weighted by atomic mass is 32.2. The van der Waals surface area contributed by atoms with Crippen LogP contribution in [0.2, 0.25) is 0 Å². The molecule has 0 spiro atoms. The first-order chi connectivity index (χ1) is 13.8. The molecule has 2 rings (SSSR count). The molecule has 1 N–H and O–H groups in total. The number of amides is 2. The van der Waals surface area contributed by atoms with Crippen molar-refractivity contribution in [3.8, 4) is 0 Å².